The van der Waals surface area contributed by atoms with Crippen molar-refractivity contribution >= 4 is 28.2 Å². The van der Waals surface area contributed by atoms with Gasteiger partial charge in [-0.3, -0.25) is 0 Å². The van der Waals surface area contributed by atoms with Crippen LogP contribution in [0.5, 0.6) is 0 Å². The van der Waals surface area contributed by atoms with Gasteiger partial charge in [0.15, 0.2) is 0 Å². The normalized spacial score (nSPS) is 22.4. The van der Waals surface area contributed by atoms with Gasteiger partial charge in [-0.2, -0.15) is 0 Å². The molecular formula is C20H18Cl2Zr. The number of benzene rings is 2. The van der Waals surface area contributed by atoms with Gasteiger partial charge in [0.1, 0.15) is 0 Å². The van der Waals surface area contributed by atoms with Crippen molar-refractivity contribution in [2.75, 3.05) is 0 Å². The summed E-state index contributed by atoms with van der Waals surface area (Å²) in [7, 11) is 14.4. The van der Waals surface area contributed by atoms with Gasteiger partial charge in [0.25, 0.3) is 0 Å². The van der Waals surface area contributed by atoms with Crippen LogP contribution in [-0.2, 0) is 17.9 Å². The van der Waals surface area contributed by atoms with E-state index in [1.54, 1.807) is 0 Å². The number of halogens is 2. The number of rotatable bonds is 2. The topological polar surface area (TPSA) is 0 Å². The van der Waals surface area contributed by atoms with Crippen LogP contribution in [0, 0.1) is 0 Å². The average molecular weight is 420 g/mol. The monoisotopic (exact) mass is 418 g/mol. The Morgan fingerprint density at radius 2 is 1.09 bits per heavy atom. The molecule has 0 spiro atoms. The Bertz CT molecular complexity index is 779. The predicted octanol–water partition coefficient (Wildman–Crippen LogP) is 6.76. The molecule has 116 valence electrons. The summed E-state index contributed by atoms with van der Waals surface area (Å²) in [6.45, 7) is 4.33. The van der Waals surface area contributed by atoms with Gasteiger partial charge in [0.2, 0.25) is 0 Å². The number of hydrogen-bond acceptors (Lipinski definition) is 0. The summed E-state index contributed by atoms with van der Waals surface area (Å²) >= 11 is -3.52. The molecule has 0 aromatic heterocycles. The first-order chi connectivity index (χ1) is 11.0. The second-order valence-electron chi connectivity index (χ2n) is 6.50. The van der Waals surface area contributed by atoms with Crippen molar-refractivity contribution < 1.29 is 17.9 Å². The molecule has 0 saturated heterocycles. The van der Waals surface area contributed by atoms with Gasteiger partial charge in [0.05, 0.1) is 0 Å². The first-order valence-electron chi connectivity index (χ1n) is 7.93. The van der Waals surface area contributed by atoms with E-state index in [0.29, 0.717) is 0 Å². The molecule has 0 heterocycles. The van der Waals surface area contributed by atoms with Crippen molar-refractivity contribution in [2.24, 2.45) is 0 Å². The summed E-state index contributed by atoms with van der Waals surface area (Å²) in [6, 6.07) is 17.1. The van der Waals surface area contributed by atoms with Gasteiger partial charge in [-0.1, -0.05) is 0 Å². The molecule has 0 saturated carbocycles. The molecule has 0 nitrogen and oxygen atoms in total. The summed E-state index contributed by atoms with van der Waals surface area (Å²) in [5, 5.41) is 0. The van der Waals surface area contributed by atoms with Crippen molar-refractivity contribution in [3.05, 3.63) is 82.9 Å². The number of allylic oxidation sites excluding steroid dienone is 4. The molecule has 0 amide bonds. The molecule has 2 unspecified atom stereocenters. The second-order valence-corrected chi connectivity index (χ2v) is 21.4. The van der Waals surface area contributed by atoms with Crippen LogP contribution >= 0.6 is 17.0 Å². The van der Waals surface area contributed by atoms with E-state index in [0.717, 1.165) is 0 Å². The standard InChI is InChI=1S/2C10H9.2ClH.Zr/c2*1-8-6-7-9-4-2-3-5-10(8)9;;;/h2*2-7H,1H3;2*1H;/q;;;;+2/p-2. The maximum absolute atomic E-state index is 7.22. The van der Waals surface area contributed by atoms with E-state index in [2.05, 4.69) is 74.5 Å². The van der Waals surface area contributed by atoms with Crippen LogP contribution in [0.3, 0.4) is 0 Å². The van der Waals surface area contributed by atoms with E-state index in [9.17, 15) is 0 Å². The Morgan fingerprint density at radius 1 is 0.696 bits per heavy atom. The molecule has 0 N–H and O–H groups in total. The van der Waals surface area contributed by atoms with E-state index >= 15 is 0 Å². The Morgan fingerprint density at radius 3 is 1.52 bits per heavy atom. The zero-order chi connectivity index (χ0) is 16.2. The number of hydrogen-bond donors (Lipinski definition) is 0. The fraction of sp³-hybridized carbons (Fsp3) is 0.200. The molecule has 2 aliphatic carbocycles. The molecule has 0 bridgehead atoms. The van der Waals surface area contributed by atoms with Crippen molar-refractivity contribution in [2.45, 2.75) is 21.1 Å². The van der Waals surface area contributed by atoms with Gasteiger partial charge in [-0.25, -0.2) is 0 Å². The van der Waals surface area contributed by atoms with Crippen LogP contribution in [0.4, 0.5) is 0 Å². The summed E-state index contributed by atoms with van der Waals surface area (Å²) in [4.78, 5) is 0. The quantitative estimate of drug-likeness (QED) is 0.503. The van der Waals surface area contributed by atoms with Gasteiger partial charge in [0, 0.05) is 0 Å². The molecule has 4 rings (SSSR count). The maximum atomic E-state index is 7.22. The fourth-order valence-electron chi connectivity index (χ4n) is 3.94. The molecule has 23 heavy (non-hydrogen) atoms. The SMILES string of the molecule is CC1=C[CH]([Zr]([Cl])([Cl])[CH]2C=C(C)c3ccccc32)c2ccccc21. The zero-order valence-corrected chi connectivity index (χ0v) is 17.2. The zero-order valence-electron chi connectivity index (χ0n) is 13.2. The third-order valence-corrected chi connectivity index (χ3v) is 17.1. The Labute approximate surface area is 149 Å². The van der Waals surface area contributed by atoms with E-state index in [1.165, 1.54) is 33.4 Å². The molecule has 2 aromatic rings. The number of fused-ring (bicyclic) bond motifs is 2. The fourth-order valence-corrected chi connectivity index (χ4v) is 14.8. The molecule has 0 aliphatic heterocycles. The van der Waals surface area contributed by atoms with Crippen LogP contribution in [0.1, 0.15) is 43.4 Å². The molecule has 2 atom stereocenters. The van der Waals surface area contributed by atoms with Gasteiger partial charge in [-0.05, 0) is 0 Å². The van der Waals surface area contributed by atoms with E-state index in [4.69, 9.17) is 17.0 Å². The summed E-state index contributed by atoms with van der Waals surface area (Å²) in [5.74, 6) is 0. The third-order valence-electron chi connectivity index (χ3n) is 5.10. The van der Waals surface area contributed by atoms with E-state index in [-0.39, 0.29) is 7.25 Å². The second kappa shape index (κ2) is 5.73. The summed E-state index contributed by atoms with van der Waals surface area (Å²) in [6.07, 6.45) is 4.62. The third kappa shape index (κ3) is 2.44. The Balaban J connectivity index is 1.82. The van der Waals surface area contributed by atoms with Crippen LogP contribution in [0.25, 0.3) is 11.1 Å². The van der Waals surface area contributed by atoms with Crippen molar-refractivity contribution in [3.63, 3.8) is 0 Å². The van der Waals surface area contributed by atoms with Crippen LogP contribution in [0.15, 0.2) is 60.7 Å². The van der Waals surface area contributed by atoms with Gasteiger partial charge < -0.3 is 0 Å². The Hall–Kier alpha value is -0.617. The molecular weight excluding hydrogens is 402 g/mol. The predicted molar refractivity (Wildman–Crippen MR) is 97.4 cm³/mol. The molecule has 3 heteroatoms. The van der Waals surface area contributed by atoms with E-state index < -0.39 is 17.9 Å². The van der Waals surface area contributed by atoms with Crippen LogP contribution < -0.4 is 0 Å². The van der Waals surface area contributed by atoms with Crippen LogP contribution in [-0.4, -0.2) is 0 Å². The molecule has 2 aromatic carbocycles. The minimum atomic E-state index is -3.52. The first-order valence-corrected chi connectivity index (χ1v) is 17.1. The van der Waals surface area contributed by atoms with Gasteiger partial charge >= 0.3 is 150 Å². The van der Waals surface area contributed by atoms with Crippen molar-refractivity contribution in [1.82, 2.24) is 0 Å². The summed E-state index contributed by atoms with van der Waals surface area (Å²) in [5.41, 5.74) is 7.88. The molecule has 2 aliphatic rings. The summed E-state index contributed by atoms with van der Waals surface area (Å²) < 4.78 is 0.424. The van der Waals surface area contributed by atoms with Crippen LogP contribution in [0.2, 0.25) is 0 Å². The van der Waals surface area contributed by atoms with E-state index in [1.807, 2.05) is 0 Å². The van der Waals surface area contributed by atoms with Crippen molar-refractivity contribution in [3.8, 4) is 0 Å². The van der Waals surface area contributed by atoms with Gasteiger partial charge in [-0.15, -0.1) is 0 Å². The van der Waals surface area contributed by atoms with Crippen molar-refractivity contribution in [1.29, 1.82) is 0 Å². The Kier molecular flexibility index (Phi) is 3.96. The molecule has 0 fully saturated rings. The minimum absolute atomic E-state index is 0.212. The first kappa shape index (κ1) is 15.9. The molecule has 0 radical (unpaired) electrons. The average Bonchev–Trinajstić information content (AvgIpc) is 3.08.